The van der Waals surface area contributed by atoms with E-state index in [-0.39, 0.29) is 5.69 Å². The minimum atomic E-state index is -0.443. The lowest BCUT2D eigenvalue weighted by molar-refractivity contribution is 0.102. The maximum atomic E-state index is 13.1. The molecule has 3 rings (SSSR count). The van der Waals surface area contributed by atoms with Crippen LogP contribution in [0.5, 0.6) is 0 Å². The molecular weight excluding hydrogens is 307 g/mol. The Kier molecular flexibility index (Phi) is 4.47. The van der Waals surface area contributed by atoms with Crippen LogP contribution in [0.2, 0.25) is 0 Å². The predicted molar refractivity (Wildman–Crippen MR) is 90.9 cm³/mol. The molecule has 5 nitrogen and oxygen atoms in total. The molecule has 0 saturated heterocycles. The third-order valence-electron chi connectivity index (χ3n) is 3.44. The van der Waals surface area contributed by atoms with E-state index in [0.717, 1.165) is 5.69 Å². The Hall–Kier alpha value is -3.28. The molecular formula is C18H15FN4O. The maximum absolute atomic E-state index is 13.1. The van der Waals surface area contributed by atoms with Gasteiger partial charge in [-0.2, -0.15) is 0 Å². The number of carbonyl (C=O) groups excluding carboxylic acids is 1. The van der Waals surface area contributed by atoms with E-state index in [4.69, 9.17) is 0 Å². The molecule has 3 aromatic rings. The average Bonchev–Trinajstić information content (AvgIpc) is 2.62. The van der Waals surface area contributed by atoms with Crippen LogP contribution in [-0.2, 0) is 0 Å². The van der Waals surface area contributed by atoms with Crippen molar-refractivity contribution in [2.75, 3.05) is 17.3 Å². The van der Waals surface area contributed by atoms with Crippen LogP contribution in [0, 0.1) is 5.82 Å². The molecule has 0 bridgehead atoms. The molecule has 1 heterocycles. The van der Waals surface area contributed by atoms with E-state index in [9.17, 15) is 9.18 Å². The topological polar surface area (TPSA) is 58.1 Å². The Bertz CT molecular complexity index is 837. The SMILES string of the molecule is CN(c1ccccc1)c1cnc(C(=O)Nc2cccc(F)c2)cn1. The molecule has 6 heteroatoms. The monoisotopic (exact) mass is 322 g/mol. The Morgan fingerprint density at radius 2 is 1.83 bits per heavy atom. The Morgan fingerprint density at radius 1 is 1.04 bits per heavy atom. The van der Waals surface area contributed by atoms with Crippen molar-refractivity contribution < 1.29 is 9.18 Å². The van der Waals surface area contributed by atoms with Gasteiger partial charge >= 0.3 is 0 Å². The normalized spacial score (nSPS) is 10.2. The van der Waals surface area contributed by atoms with E-state index in [0.29, 0.717) is 11.5 Å². The van der Waals surface area contributed by atoms with E-state index in [2.05, 4.69) is 15.3 Å². The summed E-state index contributed by atoms with van der Waals surface area (Å²) in [4.78, 5) is 22.4. The Labute approximate surface area is 138 Å². The summed E-state index contributed by atoms with van der Waals surface area (Å²) in [5, 5.41) is 2.58. The molecule has 0 aliphatic carbocycles. The lowest BCUT2D eigenvalue weighted by Crippen LogP contribution is -2.16. The van der Waals surface area contributed by atoms with Gasteiger partial charge in [0.2, 0.25) is 0 Å². The zero-order valence-corrected chi connectivity index (χ0v) is 13.0. The van der Waals surface area contributed by atoms with Crippen LogP contribution in [-0.4, -0.2) is 22.9 Å². The number of aromatic nitrogens is 2. The average molecular weight is 322 g/mol. The first-order valence-electron chi connectivity index (χ1n) is 7.31. The first-order chi connectivity index (χ1) is 11.6. The van der Waals surface area contributed by atoms with Gasteiger partial charge in [0, 0.05) is 18.4 Å². The number of hydrogen-bond acceptors (Lipinski definition) is 4. The number of para-hydroxylation sites is 1. The van der Waals surface area contributed by atoms with Gasteiger partial charge in [-0.25, -0.2) is 14.4 Å². The largest absolute Gasteiger partial charge is 0.328 e. The van der Waals surface area contributed by atoms with Crippen molar-refractivity contribution in [1.29, 1.82) is 0 Å². The highest BCUT2D eigenvalue weighted by molar-refractivity contribution is 6.02. The fourth-order valence-corrected chi connectivity index (χ4v) is 2.16. The third kappa shape index (κ3) is 3.55. The van der Waals surface area contributed by atoms with E-state index in [1.54, 1.807) is 6.07 Å². The second-order valence-corrected chi connectivity index (χ2v) is 5.12. The van der Waals surface area contributed by atoms with Crippen molar-refractivity contribution in [3.63, 3.8) is 0 Å². The van der Waals surface area contributed by atoms with Gasteiger partial charge in [0.05, 0.1) is 12.4 Å². The zero-order chi connectivity index (χ0) is 16.9. The van der Waals surface area contributed by atoms with Crippen molar-refractivity contribution in [3.8, 4) is 0 Å². The molecule has 2 aromatic carbocycles. The molecule has 0 atom stereocenters. The second-order valence-electron chi connectivity index (χ2n) is 5.12. The molecule has 0 aliphatic heterocycles. The van der Waals surface area contributed by atoms with E-state index in [1.807, 2.05) is 42.3 Å². The van der Waals surface area contributed by atoms with Crippen LogP contribution in [0.25, 0.3) is 0 Å². The Morgan fingerprint density at radius 3 is 2.50 bits per heavy atom. The van der Waals surface area contributed by atoms with Crippen LogP contribution in [0.4, 0.5) is 21.6 Å². The lowest BCUT2D eigenvalue weighted by atomic mass is 10.3. The highest BCUT2D eigenvalue weighted by Crippen LogP contribution is 2.20. The molecule has 0 unspecified atom stereocenters. The first-order valence-corrected chi connectivity index (χ1v) is 7.31. The van der Waals surface area contributed by atoms with Gasteiger partial charge in [-0.05, 0) is 30.3 Å². The predicted octanol–water partition coefficient (Wildman–Crippen LogP) is 3.64. The van der Waals surface area contributed by atoms with Crippen LogP contribution in [0.15, 0.2) is 67.0 Å². The first kappa shape index (κ1) is 15.6. The molecule has 0 aliphatic rings. The smallest absolute Gasteiger partial charge is 0.275 e. The molecule has 1 aromatic heterocycles. The fourth-order valence-electron chi connectivity index (χ4n) is 2.16. The zero-order valence-electron chi connectivity index (χ0n) is 13.0. The minimum Gasteiger partial charge on any atom is -0.328 e. The van der Waals surface area contributed by atoms with Crippen molar-refractivity contribution >= 4 is 23.1 Å². The number of carbonyl (C=O) groups is 1. The molecule has 120 valence electrons. The van der Waals surface area contributed by atoms with Crippen LogP contribution < -0.4 is 10.2 Å². The molecule has 24 heavy (non-hydrogen) atoms. The van der Waals surface area contributed by atoms with Gasteiger partial charge in [0.15, 0.2) is 5.82 Å². The van der Waals surface area contributed by atoms with Gasteiger partial charge in [-0.15, -0.1) is 0 Å². The number of nitrogens with zero attached hydrogens (tertiary/aromatic N) is 3. The number of benzene rings is 2. The molecule has 1 N–H and O–H groups in total. The van der Waals surface area contributed by atoms with Crippen molar-refractivity contribution in [3.05, 3.63) is 78.5 Å². The molecule has 0 radical (unpaired) electrons. The number of halogens is 1. The van der Waals surface area contributed by atoms with Gasteiger partial charge in [0.25, 0.3) is 5.91 Å². The standard InChI is InChI=1S/C18H15FN4O/c1-23(15-8-3-2-4-9-15)17-12-20-16(11-21-17)18(24)22-14-7-5-6-13(19)10-14/h2-12H,1H3,(H,22,24). The summed E-state index contributed by atoms with van der Waals surface area (Å²) < 4.78 is 13.1. The summed E-state index contributed by atoms with van der Waals surface area (Å²) in [6.45, 7) is 0. The van der Waals surface area contributed by atoms with Gasteiger partial charge in [0.1, 0.15) is 11.5 Å². The van der Waals surface area contributed by atoms with E-state index in [1.165, 1.54) is 30.6 Å². The van der Waals surface area contributed by atoms with Crippen molar-refractivity contribution in [2.45, 2.75) is 0 Å². The van der Waals surface area contributed by atoms with Crippen LogP contribution >= 0.6 is 0 Å². The molecule has 0 spiro atoms. The highest BCUT2D eigenvalue weighted by Gasteiger charge is 2.11. The number of nitrogens with one attached hydrogen (secondary N) is 1. The van der Waals surface area contributed by atoms with Crippen LogP contribution in [0.3, 0.4) is 0 Å². The summed E-state index contributed by atoms with van der Waals surface area (Å²) >= 11 is 0. The Balaban J connectivity index is 1.73. The summed E-state index contributed by atoms with van der Waals surface area (Å²) in [7, 11) is 1.87. The van der Waals surface area contributed by atoms with Gasteiger partial charge < -0.3 is 10.2 Å². The fraction of sp³-hybridized carbons (Fsp3) is 0.0556. The minimum absolute atomic E-state index is 0.157. The van der Waals surface area contributed by atoms with Gasteiger partial charge in [-0.3, -0.25) is 4.79 Å². The molecule has 1 amide bonds. The number of rotatable bonds is 4. The van der Waals surface area contributed by atoms with Crippen LogP contribution in [0.1, 0.15) is 10.5 Å². The second kappa shape index (κ2) is 6.87. The molecule has 0 fully saturated rings. The number of amides is 1. The quantitative estimate of drug-likeness (QED) is 0.797. The highest BCUT2D eigenvalue weighted by atomic mass is 19.1. The summed E-state index contributed by atoms with van der Waals surface area (Å²) in [5.74, 6) is -0.246. The summed E-state index contributed by atoms with van der Waals surface area (Å²) in [6.07, 6.45) is 2.91. The van der Waals surface area contributed by atoms with Crippen molar-refractivity contribution in [1.82, 2.24) is 9.97 Å². The van der Waals surface area contributed by atoms with Gasteiger partial charge in [-0.1, -0.05) is 24.3 Å². The maximum Gasteiger partial charge on any atom is 0.275 e. The lowest BCUT2D eigenvalue weighted by Gasteiger charge is -2.17. The number of anilines is 3. The number of hydrogen-bond donors (Lipinski definition) is 1. The van der Waals surface area contributed by atoms with E-state index >= 15 is 0 Å². The van der Waals surface area contributed by atoms with Crippen molar-refractivity contribution in [2.24, 2.45) is 0 Å². The third-order valence-corrected chi connectivity index (χ3v) is 3.44. The van der Waals surface area contributed by atoms with E-state index < -0.39 is 11.7 Å². The summed E-state index contributed by atoms with van der Waals surface area (Å²) in [5.41, 5.74) is 1.49. The summed E-state index contributed by atoms with van der Waals surface area (Å²) in [6, 6.07) is 15.4. The molecule has 0 saturated carbocycles.